The van der Waals surface area contributed by atoms with Crippen molar-refractivity contribution in [1.29, 1.82) is 0 Å². The van der Waals surface area contributed by atoms with Gasteiger partial charge in [0.2, 0.25) is 5.91 Å². The molecule has 0 spiro atoms. The van der Waals surface area contributed by atoms with Crippen LogP contribution in [0, 0.1) is 5.82 Å². The number of amides is 1. The lowest BCUT2D eigenvalue weighted by Gasteiger charge is -2.43. The van der Waals surface area contributed by atoms with Gasteiger partial charge in [-0.05, 0) is 61.6 Å². The third kappa shape index (κ3) is 5.58. The number of aromatic nitrogens is 2. The molecule has 1 aromatic heterocycles. The van der Waals surface area contributed by atoms with Crippen molar-refractivity contribution < 1.29 is 18.7 Å². The minimum absolute atomic E-state index is 0.00306. The van der Waals surface area contributed by atoms with Crippen molar-refractivity contribution >= 4 is 11.6 Å². The van der Waals surface area contributed by atoms with Gasteiger partial charge in [0.25, 0.3) is 0 Å². The summed E-state index contributed by atoms with van der Waals surface area (Å²) in [5.74, 6) is 1.73. The Bertz CT molecular complexity index is 1170. The molecule has 188 valence electrons. The third-order valence-electron chi connectivity index (χ3n) is 6.97. The van der Waals surface area contributed by atoms with Crippen molar-refractivity contribution in [3.63, 3.8) is 0 Å². The van der Waals surface area contributed by atoms with Crippen molar-refractivity contribution in [3.05, 3.63) is 78.1 Å². The number of benzene rings is 2. The van der Waals surface area contributed by atoms with E-state index < -0.39 is 0 Å². The fraction of sp³-hybridized carbons (Fsp3) is 0.393. The van der Waals surface area contributed by atoms with Crippen molar-refractivity contribution in [2.24, 2.45) is 0 Å². The Morgan fingerprint density at radius 1 is 1.06 bits per heavy atom. The van der Waals surface area contributed by atoms with Gasteiger partial charge < -0.3 is 19.3 Å². The van der Waals surface area contributed by atoms with E-state index in [2.05, 4.69) is 14.9 Å². The molecule has 2 aliphatic rings. The van der Waals surface area contributed by atoms with Crippen molar-refractivity contribution in [1.82, 2.24) is 14.9 Å². The van der Waals surface area contributed by atoms with E-state index in [0.29, 0.717) is 31.9 Å². The van der Waals surface area contributed by atoms with Crippen LogP contribution in [0.1, 0.15) is 30.7 Å². The molecule has 8 heteroatoms. The number of rotatable bonds is 8. The molecule has 0 radical (unpaired) electrons. The van der Waals surface area contributed by atoms with Gasteiger partial charge in [-0.1, -0.05) is 12.1 Å². The van der Waals surface area contributed by atoms with Crippen LogP contribution in [0.4, 0.5) is 10.1 Å². The van der Waals surface area contributed by atoms with Gasteiger partial charge in [0.05, 0.1) is 25.7 Å². The maximum Gasteiger partial charge on any atom is 0.230 e. The van der Waals surface area contributed by atoms with E-state index >= 15 is 0 Å². The van der Waals surface area contributed by atoms with Gasteiger partial charge in [0.1, 0.15) is 11.6 Å². The first-order valence-corrected chi connectivity index (χ1v) is 12.5. The van der Waals surface area contributed by atoms with Gasteiger partial charge in [0.15, 0.2) is 11.5 Å². The van der Waals surface area contributed by atoms with E-state index in [9.17, 15) is 9.18 Å². The number of hydrogen-bond acceptors (Lipinski definition) is 6. The average molecular weight is 491 g/mol. The highest BCUT2D eigenvalue weighted by Gasteiger charge is 2.32. The van der Waals surface area contributed by atoms with Crippen LogP contribution in [0.15, 0.2) is 60.9 Å². The topological polar surface area (TPSA) is 67.8 Å². The van der Waals surface area contributed by atoms with Crippen LogP contribution < -0.4 is 14.4 Å². The standard InChI is InChI=1S/C28H31FN4O3/c1-35-25-11-10-22(17-26(25)36-24-4-2-5-24)32-14-15-33(28(34)18-27-30-12-3-13-31-27)23(19-32)16-20-6-8-21(29)9-7-20/h3,6-13,17,23-24H,2,4-5,14-16,18-19H2,1H3/t23-/m0/s1. The Morgan fingerprint density at radius 3 is 2.53 bits per heavy atom. The fourth-order valence-electron chi connectivity index (χ4n) is 4.77. The molecule has 2 heterocycles. The van der Waals surface area contributed by atoms with Gasteiger partial charge >= 0.3 is 0 Å². The van der Waals surface area contributed by atoms with Crippen molar-refractivity contribution in [2.45, 2.75) is 44.2 Å². The van der Waals surface area contributed by atoms with Gasteiger partial charge in [-0.15, -0.1) is 0 Å². The summed E-state index contributed by atoms with van der Waals surface area (Å²) in [6, 6.07) is 14.2. The van der Waals surface area contributed by atoms with Gasteiger partial charge in [-0.3, -0.25) is 4.79 Å². The highest BCUT2D eigenvalue weighted by molar-refractivity contribution is 5.78. The van der Waals surface area contributed by atoms with Crippen LogP contribution in [0.25, 0.3) is 0 Å². The van der Waals surface area contributed by atoms with Gasteiger partial charge in [-0.2, -0.15) is 0 Å². The molecule has 1 aliphatic heterocycles. The number of hydrogen-bond donors (Lipinski definition) is 0. The number of ether oxygens (including phenoxy) is 2. The smallest absolute Gasteiger partial charge is 0.230 e. The van der Waals surface area contributed by atoms with E-state index in [1.807, 2.05) is 23.1 Å². The van der Waals surface area contributed by atoms with Crippen molar-refractivity contribution in [3.8, 4) is 11.5 Å². The minimum Gasteiger partial charge on any atom is -0.493 e. The van der Waals surface area contributed by atoms with E-state index in [-0.39, 0.29) is 30.3 Å². The molecule has 3 aromatic rings. The van der Waals surface area contributed by atoms with E-state index in [4.69, 9.17) is 9.47 Å². The number of halogens is 1. The molecule has 0 unspecified atom stereocenters. The number of anilines is 1. The molecule has 1 atom stereocenters. The average Bonchev–Trinajstić information content (AvgIpc) is 2.88. The summed E-state index contributed by atoms with van der Waals surface area (Å²) >= 11 is 0. The largest absolute Gasteiger partial charge is 0.493 e. The summed E-state index contributed by atoms with van der Waals surface area (Å²) in [6.45, 7) is 1.91. The first kappa shape index (κ1) is 24.0. The Labute approximate surface area is 210 Å². The first-order chi connectivity index (χ1) is 17.6. The molecule has 2 fully saturated rings. The third-order valence-corrected chi connectivity index (χ3v) is 6.97. The maximum atomic E-state index is 13.5. The SMILES string of the molecule is COc1ccc(N2CCN(C(=O)Cc3ncccn3)[C@@H](Cc3ccc(F)cc3)C2)cc1OC1CCC1. The van der Waals surface area contributed by atoms with Crippen LogP contribution in [-0.2, 0) is 17.6 Å². The number of carbonyl (C=O) groups excluding carboxylic acids is 1. The summed E-state index contributed by atoms with van der Waals surface area (Å²) in [5.41, 5.74) is 2.02. The Balaban J connectivity index is 1.36. The lowest BCUT2D eigenvalue weighted by atomic mass is 9.96. The molecule has 36 heavy (non-hydrogen) atoms. The molecule has 1 saturated heterocycles. The summed E-state index contributed by atoms with van der Waals surface area (Å²) in [5, 5.41) is 0. The van der Waals surface area contributed by atoms with E-state index in [1.165, 1.54) is 18.6 Å². The quantitative estimate of drug-likeness (QED) is 0.475. The molecular weight excluding hydrogens is 459 g/mol. The second-order valence-electron chi connectivity index (χ2n) is 9.37. The van der Waals surface area contributed by atoms with Crippen molar-refractivity contribution in [2.75, 3.05) is 31.6 Å². The van der Waals surface area contributed by atoms with Crippen LogP contribution in [-0.4, -0.2) is 59.7 Å². The molecule has 2 aromatic carbocycles. The molecule has 0 bridgehead atoms. The van der Waals surface area contributed by atoms with E-state index in [0.717, 1.165) is 35.6 Å². The van der Waals surface area contributed by atoms with Crippen LogP contribution in [0.5, 0.6) is 11.5 Å². The zero-order valence-electron chi connectivity index (χ0n) is 20.5. The maximum absolute atomic E-state index is 13.5. The number of methoxy groups -OCH3 is 1. The fourth-order valence-corrected chi connectivity index (χ4v) is 4.77. The molecule has 5 rings (SSSR count). The Hall–Kier alpha value is -3.68. The van der Waals surface area contributed by atoms with Gasteiger partial charge in [0, 0.05) is 43.8 Å². The lowest BCUT2D eigenvalue weighted by molar-refractivity contribution is -0.133. The molecule has 1 amide bonds. The zero-order chi connectivity index (χ0) is 24.9. The monoisotopic (exact) mass is 490 g/mol. The summed E-state index contributed by atoms with van der Waals surface area (Å²) in [6.07, 6.45) is 7.66. The normalized spacial score (nSPS) is 18.0. The lowest BCUT2D eigenvalue weighted by Crippen LogP contribution is -2.56. The summed E-state index contributed by atoms with van der Waals surface area (Å²) < 4.78 is 25.2. The number of carbonyl (C=O) groups is 1. The highest BCUT2D eigenvalue weighted by atomic mass is 19.1. The number of piperazine rings is 1. The van der Waals surface area contributed by atoms with Crippen LogP contribution >= 0.6 is 0 Å². The van der Waals surface area contributed by atoms with E-state index in [1.54, 1.807) is 37.7 Å². The summed E-state index contributed by atoms with van der Waals surface area (Å²) in [7, 11) is 1.65. The summed E-state index contributed by atoms with van der Waals surface area (Å²) in [4.78, 5) is 25.9. The van der Waals surface area contributed by atoms with Crippen LogP contribution in [0.2, 0.25) is 0 Å². The Morgan fingerprint density at radius 2 is 1.83 bits per heavy atom. The Kier molecular flexibility index (Phi) is 7.30. The zero-order valence-corrected chi connectivity index (χ0v) is 20.5. The molecular formula is C28H31FN4O3. The minimum atomic E-state index is -0.268. The highest BCUT2D eigenvalue weighted by Crippen LogP contribution is 2.36. The molecule has 0 N–H and O–H groups in total. The molecule has 1 saturated carbocycles. The van der Waals surface area contributed by atoms with Crippen LogP contribution in [0.3, 0.4) is 0 Å². The predicted octanol–water partition coefficient (Wildman–Crippen LogP) is 4.06. The molecule has 1 aliphatic carbocycles. The van der Waals surface area contributed by atoms with Gasteiger partial charge in [-0.25, -0.2) is 14.4 Å². The molecule has 7 nitrogen and oxygen atoms in total. The second-order valence-corrected chi connectivity index (χ2v) is 9.37. The first-order valence-electron chi connectivity index (χ1n) is 12.5. The number of nitrogens with zero attached hydrogens (tertiary/aromatic N) is 4. The predicted molar refractivity (Wildman–Crippen MR) is 135 cm³/mol. The second kappa shape index (κ2) is 10.9.